The molecule has 0 heterocycles. The van der Waals surface area contributed by atoms with Crippen molar-refractivity contribution in [3.8, 4) is 66.8 Å². The van der Waals surface area contributed by atoms with E-state index in [-0.39, 0.29) is 0 Å². The Labute approximate surface area is 369 Å². The van der Waals surface area contributed by atoms with Gasteiger partial charge in [0.25, 0.3) is 0 Å². The molecule has 0 saturated heterocycles. The van der Waals surface area contributed by atoms with Crippen molar-refractivity contribution in [1.82, 2.24) is 0 Å². The fourth-order valence-corrected chi connectivity index (χ4v) is 9.31. The van der Waals surface area contributed by atoms with Gasteiger partial charge in [0.15, 0.2) is 0 Å². The average Bonchev–Trinajstić information content (AvgIpc) is 3.37. The molecule has 11 aromatic carbocycles. The Hall–Kier alpha value is -8.26. The molecule has 0 aliphatic carbocycles. The van der Waals surface area contributed by atoms with E-state index in [0.29, 0.717) is 0 Å². The van der Waals surface area contributed by atoms with Crippen molar-refractivity contribution in [2.75, 3.05) is 4.90 Å². The molecule has 0 saturated carbocycles. The average molecular weight is 802 g/mol. The van der Waals surface area contributed by atoms with E-state index in [4.69, 9.17) is 0 Å². The predicted molar refractivity (Wildman–Crippen MR) is 269 cm³/mol. The summed E-state index contributed by atoms with van der Waals surface area (Å²) < 4.78 is 0. The molecule has 0 N–H and O–H groups in total. The van der Waals surface area contributed by atoms with Crippen molar-refractivity contribution >= 4 is 38.6 Å². The Balaban J connectivity index is 1.05. The van der Waals surface area contributed by atoms with Crippen LogP contribution in [0.25, 0.3) is 88.3 Å². The summed E-state index contributed by atoms with van der Waals surface area (Å²) in [5, 5.41) is 4.98. The molecule has 0 aliphatic rings. The van der Waals surface area contributed by atoms with Gasteiger partial charge in [-0.15, -0.1) is 0 Å². The summed E-state index contributed by atoms with van der Waals surface area (Å²) in [4.78, 5) is 2.39. The van der Waals surface area contributed by atoms with Crippen molar-refractivity contribution in [1.29, 1.82) is 0 Å². The van der Waals surface area contributed by atoms with E-state index >= 15 is 0 Å². The Bertz CT molecular complexity index is 3360. The molecule has 0 aromatic heterocycles. The predicted octanol–water partition coefficient (Wildman–Crippen LogP) is 17.5. The third-order valence-electron chi connectivity index (χ3n) is 12.3. The fourth-order valence-electron chi connectivity index (χ4n) is 9.31. The third kappa shape index (κ3) is 7.26. The van der Waals surface area contributed by atoms with Crippen molar-refractivity contribution in [2.24, 2.45) is 0 Å². The monoisotopic (exact) mass is 801 g/mol. The second kappa shape index (κ2) is 16.7. The van der Waals surface area contributed by atoms with Crippen LogP contribution in [0.4, 0.5) is 17.1 Å². The molecule has 11 rings (SSSR count). The van der Waals surface area contributed by atoms with Gasteiger partial charge in [0.05, 0.1) is 0 Å². The highest BCUT2D eigenvalue weighted by atomic mass is 15.1. The number of hydrogen-bond acceptors (Lipinski definition) is 1. The molecule has 0 atom stereocenters. The smallest absolute Gasteiger partial charge is 0.0467 e. The maximum Gasteiger partial charge on any atom is 0.0467 e. The van der Waals surface area contributed by atoms with Crippen LogP contribution in [0.15, 0.2) is 261 Å². The molecule has 1 heteroatoms. The summed E-state index contributed by atoms with van der Waals surface area (Å²) in [6.45, 7) is 0. The highest BCUT2D eigenvalue weighted by Crippen LogP contribution is 2.45. The van der Waals surface area contributed by atoms with E-state index in [1.54, 1.807) is 0 Å². The van der Waals surface area contributed by atoms with Gasteiger partial charge in [0.1, 0.15) is 0 Å². The van der Waals surface area contributed by atoms with Crippen molar-refractivity contribution in [3.05, 3.63) is 261 Å². The third-order valence-corrected chi connectivity index (χ3v) is 12.3. The molecule has 63 heavy (non-hydrogen) atoms. The van der Waals surface area contributed by atoms with Gasteiger partial charge in [0, 0.05) is 17.1 Å². The second-order valence-electron chi connectivity index (χ2n) is 16.0. The van der Waals surface area contributed by atoms with Crippen LogP contribution in [0.3, 0.4) is 0 Å². The van der Waals surface area contributed by atoms with E-state index in [0.717, 1.165) is 22.6 Å². The summed E-state index contributed by atoms with van der Waals surface area (Å²) in [5.74, 6) is 0. The largest absolute Gasteiger partial charge is 0.310 e. The van der Waals surface area contributed by atoms with Crippen molar-refractivity contribution in [3.63, 3.8) is 0 Å². The van der Waals surface area contributed by atoms with Gasteiger partial charge in [-0.05, 0) is 125 Å². The van der Waals surface area contributed by atoms with Crippen LogP contribution >= 0.6 is 0 Å². The van der Waals surface area contributed by atoms with Crippen LogP contribution in [-0.2, 0) is 0 Å². The minimum Gasteiger partial charge on any atom is -0.310 e. The molecule has 1 nitrogen and oxygen atoms in total. The molecule has 0 aliphatic heterocycles. The lowest BCUT2D eigenvalue weighted by molar-refractivity contribution is 1.28. The molecular formula is C62H43N. The van der Waals surface area contributed by atoms with Crippen molar-refractivity contribution < 1.29 is 0 Å². The zero-order chi connectivity index (χ0) is 42.0. The zero-order valence-corrected chi connectivity index (χ0v) is 34.8. The fraction of sp³-hybridized carbons (Fsp3) is 0. The molecular weight excluding hydrogens is 759 g/mol. The SMILES string of the molecule is c1ccc(-c2ccccc2-c2c(-c3ccccc3)cccc2-c2ccc(N(c3ccc(-c4cccc5ccccc45)cc3)c3cccc(-c4cccc5ccccc45)c3)cc2)cc1. The van der Waals surface area contributed by atoms with E-state index in [2.05, 4.69) is 266 Å². The minimum absolute atomic E-state index is 1.08. The first kappa shape index (κ1) is 37.7. The summed E-state index contributed by atoms with van der Waals surface area (Å²) in [7, 11) is 0. The van der Waals surface area contributed by atoms with Crippen LogP contribution < -0.4 is 4.90 Å². The Kier molecular flexibility index (Phi) is 9.97. The first-order valence-electron chi connectivity index (χ1n) is 21.7. The van der Waals surface area contributed by atoms with Crippen LogP contribution in [-0.4, -0.2) is 0 Å². The summed E-state index contributed by atoms with van der Waals surface area (Å²) in [6, 6.07) is 94.6. The molecule has 0 unspecified atom stereocenters. The molecule has 0 fully saturated rings. The first-order valence-corrected chi connectivity index (χ1v) is 21.7. The van der Waals surface area contributed by atoms with Crippen LogP contribution in [0.1, 0.15) is 0 Å². The highest BCUT2D eigenvalue weighted by molar-refractivity contribution is 6.01. The second-order valence-corrected chi connectivity index (χ2v) is 16.0. The van der Waals surface area contributed by atoms with Gasteiger partial charge in [-0.1, -0.05) is 224 Å². The number of fused-ring (bicyclic) bond motifs is 2. The van der Waals surface area contributed by atoms with E-state index in [1.165, 1.54) is 82.7 Å². The Morgan fingerprint density at radius 1 is 0.206 bits per heavy atom. The molecule has 0 bridgehead atoms. The van der Waals surface area contributed by atoms with Gasteiger partial charge < -0.3 is 4.90 Å². The van der Waals surface area contributed by atoms with E-state index < -0.39 is 0 Å². The van der Waals surface area contributed by atoms with E-state index in [1.807, 2.05) is 0 Å². The van der Waals surface area contributed by atoms with Gasteiger partial charge in [0.2, 0.25) is 0 Å². The molecule has 0 spiro atoms. The van der Waals surface area contributed by atoms with Crippen LogP contribution in [0.2, 0.25) is 0 Å². The number of hydrogen-bond donors (Lipinski definition) is 0. The number of nitrogens with zero attached hydrogens (tertiary/aromatic N) is 1. The van der Waals surface area contributed by atoms with Gasteiger partial charge in [-0.2, -0.15) is 0 Å². The zero-order valence-electron chi connectivity index (χ0n) is 34.8. The summed E-state index contributed by atoms with van der Waals surface area (Å²) in [5.41, 5.74) is 17.7. The number of benzene rings is 11. The van der Waals surface area contributed by atoms with E-state index in [9.17, 15) is 0 Å². The number of anilines is 3. The Morgan fingerprint density at radius 3 is 1.16 bits per heavy atom. The molecule has 0 amide bonds. The normalized spacial score (nSPS) is 11.2. The number of rotatable bonds is 9. The summed E-state index contributed by atoms with van der Waals surface area (Å²) >= 11 is 0. The van der Waals surface area contributed by atoms with Crippen LogP contribution in [0.5, 0.6) is 0 Å². The maximum absolute atomic E-state index is 2.39. The highest BCUT2D eigenvalue weighted by Gasteiger charge is 2.20. The molecule has 11 aromatic rings. The first-order chi connectivity index (χ1) is 31.3. The standard InChI is InChI=1S/C62H43N/c1-3-17-44(18-4-1)57-29-11-12-30-61(57)62-59(47-19-5-2-6-20-47)33-16-34-60(62)49-37-41-52(42-38-49)63(51-39-35-48(36-40-51)56-31-14-23-45-21-7-9-27-54(45)56)53-26-13-25-50(43-53)58-32-15-24-46-22-8-10-28-55(46)58/h1-43H. The minimum atomic E-state index is 1.08. The van der Waals surface area contributed by atoms with Crippen LogP contribution in [0, 0.1) is 0 Å². The lowest BCUT2D eigenvalue weighted by Crippen LogP contribution is -2.10. The quantitative estimate of drug-likeness (QED) is 0.141. The van der Waals surface area contributed by atoms with Gasteiger partial charge in [-0.3, -0.25) is 0 Å². The van der Waals surface area contributed by atoms with Gasteiger partial charge >= 0.3 is 0 Å². The molecule has 296 valence electrons. The lowest BCUT2D eigenvalue weighted by atomic mass is 9.84. The lowest BCUT2D eigenvalue weighted by Gasteiger charge is -2.27. The van der Waals surface area contributed by atoms with Gasteiger partial charge in [-0.25, -0.2) is 0 Å². The maximum atomic E-state index is 2.39. The Morgan fingerprint density at radius 2 is 0.571 bits per heavy atom. The summed E-state index contributed by atoms with van der Waals surface area (Å²) in [6.07, 6.45) is 0. The molecule has 0 radical (unpaired) electrons. The van der Waals surface area contributed by atoms with Crippen molar-refractivity contribution in [2.45, 2.75) is 0 Å². The topological polar surface area (TPSA) is 3.24 Å².